The van der Waals surface area contributed by atoms with E-state index in [-0.39, 0.29) is 22.3 Å². The Labute approximate surface area is 171 Å². The van der Waals surface area contributed by atoms with Crippen LogP contribution in [0.5, 0.6) is 0 Å². The Hall–Kier alpha value is -2.97. The third-order valence-corrected chi connectivity index (χ3v) is 5.33. The largest absolute Gasteiger partial charge is 0.418 e. The first-order valence-electron chi connectivity index (χ1n) is 9.44. The average Bonchev–Trinajstić information content (AvgIpc) is 2.64. The second kappa shape index (κ2) is 7.07. The van der Waals surface area contributed by atoms with Crippen LogP contribution in [0.1, 0.15) is 56.1 Å². The molecular formula is C21H23F3N4O2. The van der Waals surface area contributed by atoms with Gasteiger partial charge in [-0.15, -0.1) is 0 Å². The predicted octanol–water partition coefficient (Wildman–Crippen LogP) is 3.72. The molecule has 0 radical (unpaired) electrons. The van der Waals surface area contributed by atoms with Gasteiger partial charge in [-0.25, -0.2) is 9.36 Å². The maximum absolute atomic E-state index is 13.6. The van der Waals surface area contributed by atoms with E-state index in [1.165, 1.54) is 43.1 Å². The molecule has 0 saturated carbocycles. The summed E-state index contributed by atoms with van der Waals surface area (Å²) >= 11 is 0. The van der Waals surface area contributed by atoms with Gasteiger partial charge >= 0.3 is 11.9 Å². The van der Waals surface area contributed by atoms with E-state index in [0.717, 1.165) is 4.57 Å². The predicted molar refractivity (Wildman–Crippen MR) is 108 cm³/mol. The van der Waals surface area contributed by atoms with Crippen molar-refractivity contribution in [3.8, 4) is 0 Å². The van der Waals surface area contributed by atoms with Gasteiger partial charge in [-0.1, -0.05) is 13.8 Å². The molecule has 9 heteroatoms. The summed E-state index contributed by atoms with van der Waals surface area (Å²) in [4.78, 5) is 34.5. The summed E-state index contributed by atoms with van der Waals surface area (Å²) in [6.45, 7) is 7.82. The molecule has 3 heterocycles. The number of pyridine rings is 2. The van der Waals surface area contributed by atoms with Gasteiger partial charge in [0, 0.05) is 13.2 Å². The monoisotopic (exact) mass is 420 g/mol. The molecule has 0 aliphatic rings. The van der Waals surface area contributed by atoms with Crippen LogP contribution in [0.3, 0.4) is 0 Å². The first kappa shape index (κ1) is 21.7. The number of halogens is 3. The van der Waals surface area contributed by atoms with Gasteiger partial charge in [-0.3, -0.25) is 19.3 Å². The Morgan fingerprint density at radius 2 is 1.77 bits per heavy atom. The molecule has 0 aromatic carbocycles. The van der Waals surface area contributed by atoms with Crippen LogP contribution in [0.2, 0.25) is 0 Å². The SMILES string of the molecule is Cc1cc(C(C)(C)n2c(=O)c3ccncc3n(C)c2=O)nc(C(C)C)c1C(F)(F)F. The Balaban J connectivity index is 2.38. The van der Waals surface area contributed by atoms with Crippen molar-refractivity contribution < 1.29 is 13.2 Å². The zero-order chi connectivity index (χ0) is 22.6. The van der Waals surface area contributed by atoms with E-state index in [1.54, 1.807) is 27.7 Å². The molecule has 0 spiro atoms. The third-order valence-electron chi connectivity index (χ3n) is 5.33. The lowest BCUT2D eigenvalue weighted by Crippen LogP contribution is -2.49. The first-order valence-corrected chi connectivity index (χ1v) is 9.44. The van der Waals surface area contributed by atoms with Gasteiger partial charge in [-0.05, 0) is 44.4 Å². The average molecular weight is 420 g/mol. The van der Waals surface area contributed by atoms with Crippen molar-refractivity contribution in [3.63, 3.8) is 0 Å². The summed E-state index contributed by atoms with van der Waals surface area (Å²) < 4.78 is 43.2. The van der Waals surface area contributed by atoms with Crippen molar-refractivity contribution in [2.45, 2.75) is 52.3 Å². The fraction of sp³-hybridized carbons (Fsp3) is 0.429. The lowest BCUT2D eigenvalue weighted by atomic mass is 9.92. The smallest absolute Gasteiger partial charge is 0.295 e. The number of hydrogen-bond acceptors (Lipinski definition) is 4. The van der Waals surface area contributed by atoms with Gasteiger partial charge in [-0.2, -0.15) is 13.2 Å². The van der Waals surface area contributed by atoms with Crippen molar-refractivity contribution in [1.82, 2.24) is 19.1 Å². The zero-order valence-corrected chi connectivity index (χ0v) is 17.6. The molecule has 0 fully saturated rings. The summed E-state index contributed by atoms with van der Waals surface area (Å²) in [6.07, 6.45) is -1.68. The second-order valence-corrected chi connectivity index (χ2v) is 8.17. The van der Waals surface area contributed by atoms with E-state index in [0.29, 0.717) is 5.52 Å². The molecule has 3 aromatic heterocycles. The summed E-state index contributed by atoms with van der Waals surface area (Å²) in [5.74, 6) is -0.502. The van der Waals surface area contributed by atoms with Gasteiger partial charge in [0.2, 0.25) is 0 Å². The van der Waals surface area contributed by atoms with Gasteiger partial charge in [0.25, 0.3) is 5.56 Å². The van der Waals surface area contributed by atoms with Crippen LogP contribution in [0.4, 0.5) is 13.2 Å². The topological polar surface area (TPSA) is 69.8 Å². The van der Waals surface area contributed by atoms with Gasteiger partial charge in [0.15, 0.2) is 0 Å². The number of rotatable bonds is 3. The van der Waals surface area contributed by atoms with Crippen LogP contribution in [-0.4, -0.2) is 19.1 Å². The maximum Gasteiger partial charge on any atom is 0.418 e. The Bertz CT molecular complexity index is 1250. The quantitative estimate of drug-likeness (QED) is 0.648. The van der Waals surface area contributed by atoms with Gasteiger partial charge in [0.1, 0.15) is 0 Å². The van der Waals surface area contributed by atoms with E-state index in [2.05, 4.69) is 9.97 Å². The first-order chi connectivity index (χ1) is 13.8. The Morgan fingerprint density at radius 3 is 2.33 bits per heavy atom. The van der Waals surface area contributed by atoms with E-state index >= 15 is 0 Å². The molecule has 0 aliphatic heterocycles. The lowest BCUT2D eigenvalue weighted by Gasteiger charge is -2.29. The molecule has 160 valence electrons. The molecule has 0 aliphatic carbocycles. The molecular weight excluding hydrogens is 397 g/mol. The molecule has 0 amide bonds. The normalized spacial score (nSPS) is 12.7. The van der Waals surface area contributed by atoms with Crippen LogP contribution in [0.15, 0.2) is 34.1 Å². The third kappa shape index (κ3) is 3.32. The standard InChI is InChI=1S/C21H23F3N4O2/c1-11(2)17-16(21(22,23)24)12(3)9-15(26-17)20(4,5)28-18(29)13-7-8-25-10-14(13)27(6)19(28)30/h7-11H,1-6H3. The molecule has 0 atom stereocenters. The minimum absolute atomic E-state index is 0.000799. The number of fused-ring (bicyclic) bond motifs is 1. The van der Waals surface area contributed by atoms with Crippen molar-refractivity contribution in [2.75, 3.05) is 0 Å². The van der Waals surface area contributed by atoms with Crippen molar-refractivity contribution in [3.05, 3.63) is 67.9 Å². The Kier molecular flexibility index (Phi) is 5.12. The molecule has 6 nitrogen and oxygen atoms in total. The minimum atomic E-state index is -4.55. The van der Waals surface area contributed by atoms with Crippen molar-refractivity contribution >= 4 is 10.9 Å². The number of aromatic nitrogens is 4. The van der Waals surface area contributed by atoms with Crippen molar-refractivity contribution in [2.24, 2.45) is 7.05 Å². The van der Waals surface area contributed by atoms with Crippen LogP contribution in [-0.2, 0) is 18.8 Å². The molecule has 30 heavy (non-hydrogen) atoms. The van der Waals surface area contributed by atoms with Crippen molar-refractivity contribution in [1.29, 1.82) is 0 Å². The Morgan fingerprint density at radius 1 is 1.13 bits per heavy atom. The highest BCUT2D eigenvalue weighted by atomic mass is 19.4. The number of alkyl halides is 3. The molecule has 0 saturated heterocycles. The molecule has 3 rings (SSSR count). The highest BCUT2D eigenvalue weighted by Gasteiger charge is 2.39. The lowest BCUT2D eigenvalue weighted by molar-refractivity contribution is -0.139. The van der Waals surface area contributed by atoms with Crippen LogP contribution in [0, 0.1) is 6.92 Å². The second-order valence-electron chi connectivity index (χ2n) is 8.17. The van der Waals surface area contributed by atoms with E-state index in [9.17, 15) is 22.8 Å². The number of nitrogens with zero attached hydrogens (tertiary/aromatic N) is 4. The summed E-state index contributed by atoms with van der Waals surface area (Å²) in [5, 5.41) is 0.285. The van der Waals surface area contributed by atoms with Crippen LogP contribution < -0.4 is 11.2 Å². The van der Waals surface area contributed by atoms with E-state index in [1.807, 2.05) is 0 Å². The van der Waals surface area contributed by atoms with Gasteiger partial charge in [0.05, 0.1) is 39.6 Å². The fourth-order valence-electron chi connectivity index (χ4n) is 3.70. The molecule has 0 bridgehead atoms. The highest BCUT2D eigenvalue weighted by molar-refractivity contribution is 5.76. The van der Waals surface area contributed by atoms with E-state index < -0.39 is 34.4 Å². The molecule has 3 aromatic rings. The molecule has 0 unspecified atom stereocenters. The highest BCUT2D eigenvalue weighted by Crippen LogP contribution is 2.38. The maximum atomic E-state index is 13.6. The summed E-state index contributed by atoms with van der Waals surface area (Å²) in [7, 11) is 1.52. The van der Waals surface area contributed by atoms with Gasteiger partial charge < -0.3 is 0 Å². The van der Waals surface area contributed by atoms with Crippen LogP contribution in [0.25, 0.3) is 10.9 Å². The van der Waals surface area contributed by atoms with Crippen LogP contribution >= 0.6 is 0 Å². The zero-order valence-electron chi connectivity index (χ0n) is 17.6. The molecule has 0 N–H and O–H groups in total. The summed E-state index contributed by atoms with van der Waals surface area (Å²) in [5.41, 5.74) is -2.74. The number of hydrogen-bond donors (Lipinski definition) is 0. The number of aryl methyl sites for hydroxylation is 2. The minimum Gasteiger partial charge on any atom is -0.295 e. The summed E-state index contributed by atoms with van der Waals surface area (Å²) in [6, 6.07) is 2.81. The fourth-order valence-corrected chi connectivity index (χ4v) is 3.70. The van der Waals surface area contributed by atoms with E-state index in [4.69, 9.17) is 0 Å².